The van der Waals surface area contributed by atoms with E-state index in [1.807, 2.05) is 0 Å². The molecule has 0 aromatic carbocycles. The molecule has 1 spiro atoms. The molecular formula is C17H32N2O. The first kappa shape index (κ1) is 15.8. The zero-order valence-corrected chi connectivity index (χ0v) is 13.2. The Labute approximate surface area is 124 Å². The van der Waals surface area contributed by atoms with Crippen molar-refractivity contribution < 1.29 is 4.79 Å². The summed E-state index contributed by atoms with van der Waals surface area (Å²) in [4.78, 5) is 12.0. The summed E-state index contributed by atoms with van der Waals surface area (Å²) in [5.41, 5.74) is 0.385. The maximum absolute atomic E-state index is 12.0. The molecule has 1 saturated carbocycles. The van der Waals surface area contributed by atoms with Crippen LogP contribution in [-0.2, 0) is 4.79 Å². The van der Waals surface area contributed by atoms with Crippen LogP contribution in [0.4, 0.5) is 0 Å². The number of unbranched alkanes of at least 4 members (excludes halogenated alkanes) is 5. The quantitative estimate of drug-likeness (QED) is 0.668. The maximum atomic E-state index is 12.0. The van der Waals surface area contributed by atoms with Crippen molar-refractivity contribution in [1.82, 2.24) is 10.6 Å². The number of rotatable bonds is 8. The van der Waals surface area contributed by atoms with Crippen LogP contribution in [0.2, 0.25) is 0 Å². The van der Waals surface area contributed by atoms with Crippen LogP contribution in [0.3, 0.4) is 0 Å². The summed E-state index contributed by atoms with van der Waals surface area (Å²) < 4.78 is 0. The Balaban J connectivity index is 1.55. The second-order valence-corrected chi connectivity index (χ2v) is 6.84. The molecule has 3 heteroatoms. The fourth-order valence-electron chi connectivity index (χ4n) is 3.63. The average molecular weight is 280 g/mol. The molecule has 0 radical (unpaired) electrons. The van der Waals surface area contributed by atoms with Crippen molar-refractivity contribution in [3.8, 4) is 0 Å². The van der Waals surface area contributed by atoms with Crippen molar-refractivity contribution in [2.75, 3.05) is 6.54 Å². The molecule has 3 nitrogen and oxygen atoms in total. The third-order valence-electron chi connectivity index (χ3n) is 5.06. The van der Waals surface area contributed by atoms with Gasteiger partial charge in [-0.25, -0.2) is 0 Å². The highest BCUT2D eigenvalue weighted by molar-refractivity contribution is 5.76. The summed E-state index contributed by atoms with van der Waals surface area (Å²) in [7, 11) is 0. The molecule has 1 unspecified atom stereocenters. The monoisotopic (exact) mass is 280 g/mol. The van der Waals surface area contributed by atoms with Crippen LogP contribution in [0.1, 0.15) is 84.0 Å². The molecule has 1 heterocycles. The summed E-state index contributed by atoms with van der Waals surface area (Å²) in [6, 6.07) is 0.421. The highest BCUT2D eigenvalue weighted by Gasteiger charge is 2.41. The summed E-state index contributed by atoms with van der Waals surface area (Å²) in [6.07, 6.45) is 14.4. The Morgan fingerprint density at radius 1 is 1.20 bits per heavy atom. The fraction of sp³-hybridized carbons (Fsp3) is 0.941. The van der Waals surface area contributed by atoms with Crippen LogP contribution in [0, 0.1) is 0 Å². The van der Waals surface area contributed by atoms with Gasteiger partial charge < -0.3 is 10.6 Å². The minimum Gasteiger partial charge on any atom is -0.353 e. The molecule has 1 saturated heterocycles. The van der Waals surface area contributed by atoms with E-state index in [4.69, 9.17) is 0 Å². The number of piperidine rings is 1. The van der Waals surface area contributed by atoms with Crippen LogP contribution in [-0.4, -0.2) is 24.0 Å². The molecule has 20 heavy (non-hydrogen) atoms. The van der Waals surface area contributed by atoms with Gasteiger partial charge in [-0.05, 0) is 45.1 Å². The first-order valence-corrected chi connectivity index (χ1v) is 8.78. The highest BCUT2D eigenvalue weighted by atomic mass is 16.1. The standard InChI is InChI=1S/C17H32N2O/c1-2-3-4-5-6-7-9-16(20)19-15-10-13-18-17(14-15)11-8-12-17/h15,18H,2-14H2,1H3,(H,19,20). The van der Waals surface area contributed by atoms with Gasteiger partial charge in [-0.15, -0.1) is 0 Å². The predicted octanol–water partition coefficient (Wildman–Crippen LogP) is 3.53. The fourth-order valence-corrected chi connectivity index (χ4v) is 3.63. The van der Waals surface area contributed by atoms with Gasteiger partial charge in [0.15, 0.2) is 0 Å². The Kier molecular flexibility index (Phi) is 6.34. The minimum atomic E-state index is 0.280. The molecule has 1 aliphatic carbocycles. The maximum Gasteiger partial charge on any atom is 0.220 e. The normalized spacial score (nSPS) is 24.4. The zero-order chi connectivity index (χ0) is 14.3. The van der Waals surface area contributed by atoms with Crippen LogP contribution >= 0.6 is 0 Å². The second kappa shape index (κ2) is 8.02. The molecular weight excluding hydrogens is 248 g/mol. The van der Waals surface area contributed by atoms with Crippen LogP contribution in [0.15, 0.2) is 0 Å². The largest absolute Gasteiger partial charge is 0.353 e. The van der Waals surface area contributed by atoms with Gasteiger partial charge in [0.25, 0.3) is 0 Å². The van der Waals surface area contributed by atoms with Gasteiger partial charge >= 0.3 is 0 Å². The molecule has 1 atom stereocenters. The van der Waals surface area contributed by atoms with Crippen molar-refractivity contribution in [3.05, 3.63) is 0 Å². The molecule has 1 amide bonds. The van der Waals surface area contributed by atoms with Gasteiger partial charge in [0.05, 0.1) is 0 Å². The molecule has 2 aliphatic rings. The molecule has 1 aliphatic heterocycles. The van der Waals surface area contributed by atoms with Gasteiger partial charge in [-0.2, -0.15) is 0 Å². The molecule has 2 rings (SSSR count). The zero-order valence-electron chi connectivity index (χ0n) is 13.2. The van der Waals surface area contributed by atoms with E-state index in [2.05, 4.69) is 17.6 Å². The van der Waals surface area contributed by atoms with E-state index >= 15 is 0 Å². The Bertz CT molecular complexity index is 299. The minimum absolute atomic E-state index is 0.280. The van der Waals surface area contributed by atoms with Crippen molar-refractivity contribution in [2.45, 2.75) is 95.6 Å². The summed E-state index contributed by atoms with van der Waals surface area (Å²) >= 11 is 0. The number of hydrogen-bond donors (Lipinski definition) is 2. The summed E-state index contributed by atoms with van der Waals surface area (Å²) in [6.45, 7) is 3.31. The van der Waals surface area contributed by atoms with Gasteiger partial charge in [-0.3, -0.25) is 4.79 Å². The molecule has 116 valence electrons. The van der Waals surface area contributed by atoms with E-state index in [1.165, 1.54) is 51.4 Å². The predicted molar refractivity (Wildman–Crippen MR) is 83.7 cm³/mol. The smallest absolute Gasteiger partial charge is 0.220 e. The lowest BCUT2D eigenvalue weighted by Gasteiger charge is -2.48. The number of nitrogens with one attached hydrogen (secondary N) is 2. The average Bonchev–Trinajstić information content (AvgIpc) is 2.41. The first-order chi connectivity index (χ1) is 9.74. The number of amides is 1. The molecule has 0 bridgehead atoms. The summed E-state index contributed by atoms with van der Waals surface area (Å²) in [5, 5.41) is 6.92. The van der Waals surface area contributed by atoms with Gasteiger partial charge in [0, 0.05) is 18.0 Å². The summed E-state index contributed by atoms with van der Waals surface area (Å²) in [5.74, 6) is 0.280. The van der Waals surface area contributed by atoms with Crippen molar-refractivity contribution in [2.24, 2.45) is 0 Å². The number of carbonyl (C=O) groups excluding carboxylic acids is 1. The van der Waals surface area contributed by atoms with Crippen LogP contribution < -0.4 is 10.6 Å². The lowest BCUT2D eigenvalue weighted by Crippen LogP contribution is -2.59. The SMILES string of the molecule is CCCCCCCCC(=O)NC1CCNC2(CCC2)C1. The highest BCUT2D eigenvalue weighted by Crippen LogP contribution is 2.38. The van der Waals surface area contributed by atoms with E-state index in [-0.39, 0.29) is 5.91 Å². The lowest BCUT2D eigenvalue weighted by molar-refractivity contribution is -0.122. The number of hydrogen-bond acceptors (Lipinski definition) is 2. The Morgan fingerprint density at radius 3 is 2.65 bits per heavy atom. The molecule has 0 aromatic heterocycles. The van der Waals surface area contributed by atoms with E-state index in [0.29, 0.717) is 11.6 Å². The third kappa shape index (κ3) is 4.76. The van der Waals surface area contributed by atoms with Crippen molar-refractivity contribution in [1.29, 1.82) is 0 Å². The number of carbonyl (C=O) groups is 1. The van der Waals surface area contributed by atoms with Crippen molar-refractivity contribution in [3.63, 3.8) is 0 Å². The topological polar surface area (TPSA) is 41.1 Å². The molecule has 0 aromatic rings. The molecule has 2 fully saturated rings. The first-order valence-electron chi connectivity index (χ1n) is 8.78. The van der Waals surface area contributed by atoms with Crippen molar-refractivity contribution >= 4 is 5.91 Å². The second-order valence-electron chi connectivity index (χ2n) is 6.84. The Morgan fingerprint density at radius 2 is 1.95 bits per heavy atom. The molecule has 2 N–H and O–H groups in total. The van der Waals surface area contributed by atoms with E-state index in [1.54, 1.807) is 0 Å². The Hall–Kier alpha value is -0.570. The van der Waals surface area contributed by atoms with Crippen LogP contribution in [0.5, 0.6) is 0 Å². The van der Waals surface area contributed by atoms with Crippen LogP contribution in [0.25, 0.3) is 0 Å². The lowest BCUT2D eigenvalue weighted by atomic mass is 9.70. The van der Waals surface area contributed by atoms with E-state index < -0.39 is 0 Å². The van der Waals surface area contributed by atoms with Gasteiger partial charge in [0.2, 0.25) is 5.91 Å². The van der Waals surface area contributed by atoms with E-state index in [9.17, 15) is 4.79 Å². The van der Waals surface area contributed by atoms with Gasteiger partial charge in [-0.1, -0.05) is 39.0 Å². The third-order valence-corrected chi connectivity index (χ3v) is 5.06. The van der Waals surface area contributed by atoms with E-state index in [0.717, 1.165) is 32.2 Å². The van der Waals surface area contributed by atoms with Gasteiger partial charge in [0.1, 0.15) is 0 Å².